The van der Waals surface area contributed by atoms with E-state index < -0.39 is 11.9 Å². The van der Waals surface area contributed by atoms with Crippen molar-refractivity contribution >= 4 is 35.0 Å². The molecule has 6 rings (SSSR count). The summed E-state index contributed by atoms with van der Waals surface area (Å²) >= 11 is 1.61. The van der Waals surface area contributed by atoms with Gasteiger partial charge >= 0.3 is 0 Å². The number of imide groups is 1. The van der Waals surface area contributed by atoms with Crippen LogP contribution in [0.1, 0.15) is 56.2 Å². The van der Waals surface area contributed by atoms with E-state index in [1.54, 1.807) is 29.7 Å². The van der Waals surface area contributed by atoms with Crippen molar-refractivity contribution in [3.8, 4) is 5.69 Å². The van der Waals surface area contributed by atoms with Gasteiger partial charge in [-0.05, 0) is 43.0 Å². The van der Waals surface area contributed by atoms with E-state index in [1.807, 2.05) is 11.6 Å². The Morgan fingerprint density at radius 2 is 2.06 bits per heavy atom. The monoisotopic (exact) mass is 491 g/mol. The zero-order valence-corrected chi connectivity index (χ0v) is 19.4. The van der Waals surface area contributed by atoms with Gasteiger partial charge in [0, 0.05) is 35.9 Å². The summed E-state index contributed by atoms with van der Waals surface area (Å²) in [4.78, 5) is 56.4. The van der Waals surface area contributed by atoms with Gasteiger partial charge in [-0.3, -0.25) is 24.5 Å². The first-order valence-electron chi connectivity index (χ1n) is 11.4. The number of aromatic nitrogens is 4. The van der Waals surface area contributed by atoms with Crippen LogP contribution in [0.25, 0.3) is 5.69 Å². The second-order valence-corrected chi connectivity index (χ2v) is 9.86. The molecule has 3 aliphatic rings. The van der Waals surface area contributed by atoms with Gasteiger partial charge < -0.3 is 10.2 Å². The van der Waals surface area contributed by atoms with Gasteiger partial charge in [0.05, 0.1) is 23.1 Å². The van der Waals surface area contributed by atoms with Gasteiger partial charge in [0.1, 0.15) is 6.04 Å². The highest BCUT2D eigenvalue weighted by atomic mass is 32.1. The standard InChI is InChI=1S/C23H21N7O4S/c31-20-6-5-18(22(33)26-20)29-9-12-7-14(2-3-15(12)23(29)34)30-10-17(27-28-30)21(32)25-13-1-4-16-19(8-13)35-11-24-16/h2-3,7,10-11,13,18H,1,4-6,8-9H2,(H,25,32)(H,26,31,33)/t13-,18?/m0/s1. The third kappa shape index (κ3) is 3.89. The third-order valence-electron chi connectivity index (χ3n) is 6.72. The Balaban J connectivity index is 1.15. The molecule has 4 amide bonds. The van der Waals surface area contributed by atoms with E-state index in [1.165, 1.54) is 14.5 Å². The maximum atomic E-state index is 12.9. The maximum absolute atomic E-state index is 12.9. The Labute approximate surface area is 203 Å². The van der Waals surface area contributed by atoms with Gasteiger partial charge in [-0.1, -0.05) is 5.21 Å². The predicted molar refractivity (Wildman–Crippen MR) is 123 cm³/mol. The Kier molecular flexibility index (Phi) is 5.17. The summed E-state index contributed by atoms with van der Waals surface area (Å²) in [5.41, 5.74) is 5.09. The molecular weight excluding hydrogens is 470 g/mol. The predicted octanol–water partition coefficient (Wildman–Crippen LogP) is 0.772. The van der Waals surface area contributed by atoms with Crippen LogP contribution in [0.3, 0.4) is 0 Å². The normalized spacial score (nSPS) is 21.5. The number of amides is 4. The van der Waals surface area contributed by atoms with Crippen molar-refractivity contribution in [1.82, 2.24) is 35.5 Å². The summed E-state index contributed by atoms with van der Waals surface area (Å²) in [7, 11) is 0. The molecule has 2 aliphatic heterocycles. The molecule has 1 fully saturated rings. The van der Waals surface area contributed by atoms with Gasteiger partial charge in [0.15, 0.2) is 5.69 Å². The van der Waals surface area contributed by atoms with Gasteiger partial charge in [-0.25, -0.2) is 9.67 Å². The molecule has 2 aromatic heterocycles. The molecule has 4 heterocycles. The van der Waals surface area contributed by atoms with Crippen LogP contribution < -0.4 is 10.6 Å². The lowest BCUT2D eigenvalue weighted by Crippen LogP contribution is -2.52. The molecule has 1 saturated heterocycles. The first-order valence-corrected chi connectivity index (χ1v) is 12.3. The van der Waals surface area contributed by atoms with Crippen molar-refractivity contribution in [2.24, 2.45) is 0 Å². The lowest BCUT2D eigenvalue weighted by atomic mass is 9.97. The molecule has 1 aliphatic carbocycles. The van der Waals surface area contributed by atoms with E-state index in [-0.39, 0.29) is 42.4 Å². The van der Waals surface area contributed by atoms with Gasteiger partial charge in [-0.15, -0.1) is 16.4 Å². The van der Waals surface area contributed by atoms with E-state index in [0.29, 0.717) is 17.7 Å². The zero-order valence-electron chi connectivity index (χ0n) is 18.6. The quantitative estimate of drug-likeness (QED) is 0.514. The Morgan fingerprint density at radius 3 is 2.91 bits per heavy atom. The molecule has 0 spiro atoms. The van der Waals surface area contributed by atoms with Gasteiger partial charge in [0.25, 0.3) is 11.8 Å². The van der Waals surface area contributed by atoms with E-state index in [0.717, 1.165) is 30.5 Å². The molecule has 0 radical (unpaired) electrons. The lowest BCUT2D eigenvalue weighted by molar-refractivity contribution is -0.136. The molecule has 2 atom stereocenters. The molecular formula is C23H21N7O4S. The average molecular weight is 492 g/mol. The fraction of sp³-hybridized carbons (Fsp3) is 0.348. The number of piperidine rings is 1. The van der Waals surface area contributed by atoms with Crippen LogP contribution >= 0.6 is 11.3 Å². The molecule has 12 heteroatoms. The fourth-order valence-electron chi connectivity index (χ4n) is 4.88. The SMILES string of the molecule is O=C1CCC(N2Cc3cc(-n4cc(C(=O)N[C@H]5CCc6ncsc6C5)nn4)ccc3C2=O)C(=O)N1. The second kappa shape index (κ2) is 8.38. The van der Waals surface area contributed by atoms with Crippen LogP contribution in [-0.2, 0) is 29.0 Å². The number of aryl methyl sites for hydroxylation is 1. The fourth-order valence-corrected chi connectivity index (χ4v) is 5.78. The van der Waals surface area contributed by atoms with Crippen LogP contribution in [0.5, 0.6) is 0 Å². The number of hydrogen-bond acceptors (Lipinski definition) is 8. The van der Waals surface area contributed by atoms with Crippen molar-refractivity contribution in [3.05, 3.63) is 57.3 Å². The van der Waals surface area contributed by atoms with Gasteiger partial charge in [0.2, 0.25) is 11.8 Å². The molecule has 178 valence electrons. The highest BCUT2D eigenvalue weighted by molar-refractivity contribution is 7.09. The molecule has 0 saturated carbocycles. The molecule has 1 unspecified atom stereocenters. The van der Waals surface area contributed by atoms with Crippen molar-refractivity contribution in [1.29, 1.82) is 0 Å². The summed E-state index contributed by atoms with van der Waals surface area (Å²) in [6.45, 7) is 0.261. The van der Waals surface area contributed by atoms with Crippen LogP contribution in [0.4, 0.5) is 0 Å². The zero-order chi connectivity index (χ0) is 24.1. The summed E-state index contributed by atoms with van der Waals surface area (Å²) in [6, 6.07) is 4.59. The second-order valence-electron chi connectivity index (χ2n) is 8.93. The first-order chi connectivity index (χ1) is 17.0. The van der Waals surface area contributed by atoms with E-state index >= 15 is 0 Å². The minimum atomic E-state index is -0.668. The first kappa shape index (κ1) is 21.6. The van der Waals surface area contributed by atoms with Crippen LogP contribution in [-0.4, -0.2) is 60.6 Å². The molecule has 0 bridgehead atoms. The van der Waals surface area contributed by atoms with Crippen LogP contribution in [0, 0.1) is 0 Å². The highest BCUT2D eigenvalue weighted by Crippen LogP contribution is 2.29. The number of nitrogens with one attached hydrogen (secondary N) is 2. The smallest absolute Gasteiger partial charge is 0.273 e. The number of fused-ring (bicyclic) bond motifs is 2. The average Bonchev–Trinajstić information content (AvgIpc) is 3.58. The molecule has 1 aromatic carbocycles. The third-order valence-corrected chi connectivity index (χ3v) is 7.62. The number of nitrogens with zero attached hydrogens (tertiary/aromatic N) is 5. The Morgan fingerprint density at radius 1 is 1.17 bits per heavy atom. The number of carbonyl (C=O) groups excluding carboxylic acids is 4. The molecule has 2 N–H and O–H groups in total. The summed E-state index contributed by atoms with van der Waals surface area (Å²) in [5.74, 6) is -1.29. The number of thiazole rings is 1. The summed E-state index contributed by atoms with van der Waals surface area (Å²) < 4.78 is 1.50. The summed E-state index contributed by atoms with van der Waals surface area (Å²) in [6.07, 6.45) is 4.52. The maximum Gasteiger partial charge on any atom is 0.273 e. The minimum absolute atomic E-state index is 0.0323. The number of carbonyl (C=O) groups is 4. The van der Waals surface area contributed by atoms with Crippen LogP contribution in [0.15, 0.2) is 29.9 Å². The van der Waals surface area contributed by atoms with Crippen molar-refractivity contribution in [3.63, 3.8) is 0 Å². The lowest BCUT2D eigenvalue weighted by Gasteiger charge is -2.29. The minimum Gasteiger partial charge on any atom is -0.347 e. The van der Waals surface area contributed by atoms with E-state index in [9.17, 15) is 19.2 Å². The highest BCUT2D eigenvalue weighted by Gasteiger charge is 2.39. The van der Waals surface area contributed by atoms with Gasteiger partial charge in [-0.2, -0.15) is 0 Å². The largest absolute Gasteiger partial charge is 0.347 e. The number of hydrogen-bond donors (Lipinski definition) is 2. The van der Waals surface area contributed by atoms with E-state index in [4.69, 9.17) is 0 Å². The number of benzene rings is 1. The Hall–Kier alpha value is -3.93. The molecule has 3 aromatic rings. The van der Waals surface area contributed by atoms with E-state index in [2.05, 4.69) is 25.9 Å². The molecule has 11 nitrogen and oxygen atoms in total. The topological polar surface area (TPSA) is 139 Å². The van der Waals surface area contributed by atoms with Crippen molar-refractivity contribution < 1.29 is 19.2 Å². The number of rotatable bonds is 4. The summed E-state index contributed by atoms with van der Waals surface area (Å²) in [5, 5.41) is 13.5. The van der Waals surface area contributed by atoms with Crippen LogP contribution in [0.2, 0.25) is 0 Å². The molecule has 35 heavy (non-hydrogen) atoms. The van der Waals surface area contributed by atoms with Crippen molar-refractivity contribution in [2.45, 2.75) is 50.7 Å². The van der Waals surface area contributed by atoms with Crippen molar-refractivity contribution in [2.75, 3.05) is 0 Å². The Bertz CT molecular complexity index is 1380.